The molecule has 0 unspecified atom stereocenters. The topological polar surface area (TPSA) is 64.8 Å². The van der Waals surface area contributed by atoms with Crippen molar-refractivity contribution in [2.45, 2.75) is 58.5 Å². The molecular weight excluding hydrogens is 348 g/mol. The Labute approximate surface area is 151 Å². The van der Waals surface area contributed by atoms with Crippen LogP contribution in [0.1, 0.15) is 45.7 Å². The average Bonchev–Trinajstić information content (AvgIpc) is 2.71. The maximum atomic E-state index is 13.1. The summed E-state index contributed by atoms with van der Waals surface area (Å²) in [6.07, 6.45) is -4.49. The number of alkyl halides is 3. The molecule has 2 N–H and O–H groups in total. The number of carbonyl (C=O) groups excluding carboxylic acids is 1. The number of hydrogen-bond acceptors (Lipinski definition) is 3. The highest BCUT2D eigenvalue weighted by Gasteiger charge is 2.52. The molecule has 2 rings (SSSR count). The van der Waals surface area contributed by atoms with Gasteiger partial charge in [-0.15, -0.1) is 0 Å². The van der Waals surface area contributed by atoms with Crippen molar-refractivity contribution in [3.05, 3.63) is 29.3 Å². The number of benzene rings is 1. The lowest BCUT2D eigenvalue weighted by atomic mass is 9.75. The van der Waals surface area contributed by atoms with Crippen molar-refractivity contribution in [2.75, 3.05) is 6.54 Å². The van der Waals surface area contributed by atoms with Crippen LogP contribution in [0.2, 0.25) is 0 Å². The molecule has 144 valence electrons. The van der Waals surface area contributed by atoms with Crippen LogP contribution in [0.25, 0.3) is 0 Å². The van der Waals surface area contributed by atoms with Gasteiger partial charge in [0.2, 0.25) is 0 Å². The van der Waals surface area contributed by atoms with Crippen LogP contribution in [0.15, 0.2) is 18.2 Å². The summed E-state index contributed by atoms with van der Waals surface area (Å²) in [5, 5.41) is 0. The summed E-state index contributed by atoms with van der Waals surface area (Å²) in [5.74, 6) is 0. The Balaban J connectivity index is 2.47. The first kappa shape index (κ1) is 20.6. The molecule has 0 saturated carbocycles. The van der Waals surface area contributed by atoms with Crippen LogP contribution in [0.4, 0.5) is 18.0 Å². The quantitative estimate of drug-likeness (QED) is 0.827. The molecule has 1 aromatic carbocycles. The predicted molar refractivity (Wildman–Crippen MR) is 92.8 cm³/mol. The molecule has 9 heteroatoms. The lowest BCUT2D eigenvalue weighted by Crippen LogP contribution is -2.41. The molecule has 0 bridgehead atoms. The summed E-state index contributed by atoms with van der Waals surface area (Å²) in [4.78, 5) is 12.8. The van der Waals surface area contributed by atoms with Gasteiger partial charge in [-0.3, -0.25) is 0 Å². The maximum absolute atomic E-state index is 13.1. The van der Waals surface area contributed by atoms with E-state index in [2.05, 4.69) is 0 Å². The monoisotopic (exact) mass is 372 g/mol. The second-order valence-electron chi connectivity index (χ2n) is 7.35. The minimum absolute atomic E-state index is 0.0604. The SMILES string of the molecule is CCN(Cc1cc(C(F)(F)F)ccc1B1OC(C)(C)C(C)(C)O1)C(N)=O. The third kappa shape index (κ3) is 3.98. The molecular formula is C17H24BF3N2O3. The zero-order valence-electron chi connectivity index (χ0n) is 15.6. The number of halogens is 3. The highest BCUT2D eigenvalue weighted by Crippen LogP contribution is 2.37. The number of carbonyl (C=O) groups is 1. The van der Waals surface area contributed by atoms with Crippen LogP contribution in [0.5, 0.6) is 0 Å². The zero-order chi connectivity index (χ0) is 19.9. The van der Waals surface area contributed by atoms with E-state index in [1.165, 1.54) is 11.0 Å². The molecule has 1 fully saturated rings. The van der Waals surface area contributed by atoms with Crippen LogP contribution in [-0.4, -0.2) is 35.8 Å². The maximum Gasteiger partial charge on any atom is 0.495 e. The number of amides is 2. The molecule has 1 saturated heterocycles. The molecule has 5 nitrogen and oxygen atoms in total. The van der Waals surface area contributed by atoms with Crippen molar-refractivity contribution in [2.24, 2.45) is 5.73 Å². The van der Waals surface area contributed by atoms with E-state index in [1.54, 1.807) is 6.92 Å². The van der Waals surface area contributed by atoms with Gasteiger partial charge in [-0.25, -0.2) is 4.79 Å². The molecule has 0 aromatic heterocycles. The Bertz CT molecular complexity index is 676. The smallest absolute Gasteiger partial charge is 0.399 e. The highest BCUT2D eigenvalue weighted by molar-refractivity contribution is 6.62. The first-order chi connectivity index (χ1) is 11.8. The molecule has 0 spiro atoms. The average molecular weight is 372 g/mol. The van der Waals surface area contributed by atoms with E-state index in [-0.39, 0.29) is 13.1 Å². The van der Waals surface area contributed by atoms with Gasteiger partial charge in [0.15, 0.2) is 0 Å². The summed E-state index contributed by atoms with van der Waals surface area (Å²) < 4.78 is 51.3. The Morgan fingerprint density at radius 2 is 1.73 bits per heavy atom. The number of nitrogens with two attached hydrogens (primary N) is 1. The second kappa shape index (κ2) is 6.77. The van der Waals surface area contributed by atoms with E-state index >= 15 is 0 Å². The third-order valence-corrected chi connectivity index (χ3v) is 5.03. The van der Waals surface area contributed by atoms with E-state index in [1.807, 2.05) is 27.7 Å². The van der Waals surface area contributed by atoms with Crippen molar-refractivity contribution in [3.8, 4) is 0 Å². The number of nitrogens with zero attached hydrogens (tertiary/aromatic N) is 1. The molecule has 1 aliphatic rings. The van der Waals surface area contributed by atoms with Gasteiger partial charge in [-0.1, -0.05) is 12.1 Å². The summed E-state index contributed by atoms with van der Waals surface area (Å²) >= 11 is 0. The molecule has 26 heavy (non-hydrogen) atoms. The standard InChI is InChI=1S/C17H24BF3N2O3/c1-6-23(14(22)24)10-11-9-12(17(19,20)21)7-8-13(11)18-25-15(2,3)16(4,5)26-18/h7-9H,6,10H2,1-5H3,(H2,22,24). The van der Waals surface area contributed by atoms with E-state index in [0.717, 1.165) is 12.1 Å². The van der Waals surface area contributed by atoms with Gasteiger partial charge in [0.05, 0.1) is 16.8 Å². The lowest BCUT2D eigenvalue weighted by molar-refractivity contribution is -0.137. The fraction of sp³-hybridized carbons (Fsp3) is 0.588. The van der Waals surface area contributed by atoms with Crippen molar-refractivity contribution in [1.82, 2.24) is 4.90 Å². The van der Waals surface area contributed by atoms with E-state index in [9.17, 15) is 18.0 Å². The van der Waals surface area contributed by atoms with Gasteiger partial charge >= 0.3 is 19.3 Å². The van der Waals surface area contributed by atoms with Crippen molar-refractivity contribution >= 4 is 18.6 Å². The minimum atomic E-state index is -4.49. The van der Waals surface area contributed by atoms with Crippen molar-refractivity contribution in [1.29, 1.82) is 0 Å². The first-order valence-electron chi connectivity index (χ1n) is 8.38. The molecule has 0 aliphatic carbocycles. The van der Waals surface area contributed by atoms with Crippen molar-refractivity contribution < 1.29 is 27.3 Å². The third-order valence-electron chi connectivity index (χ3n) is 5.03. The number of primary amides is 1. The molecule has 0 atom stereocenters. The number of urea groups is 1. The lowest BCUT2D eigenvalue weighted by Gasteiger charge is -2.32. The fourth-order valence-electron chi connectivity index (χ4n) is 2.67. The van der Waals surface area contributed by atoms with Crippen LogP contribution >= 0.6 is 0 Å². The molecule has 1 aliphatic heterocycles. The Hall–Kier alpha value is -1.74. The van der Waals surface area contributed by atoms with Gasteiger partial charge in [-0.05, 0) is 51.7 Å². The Morgan fingerprint density at radius 1 is 1.19 bits per heavy atom. The normalized spacial score (nSPS) is 18.8. The summed E-state index contributed by atoms with van der Waals surface area (Å²) in [6, 6.07) is 2.65. The number of rotatable bonds is 4. The molecule has 1 aromatic rings. The van der Waals surface area contributed by atoms with Gasteiger partial charge < -0.3 is 19.9 Å². The second-order valence-corrected chi connectivity index (χ2v) is 7.35. The minimum Gasteiger partial charge on any atom is -0.399 e. The van der Waals surface area contributed by atoms with E-state index in [4.69, 9.17) is 15.0 Å². The Morgan fingerprint density at radius 3 is 2.15 bits per heavy atom. The van der Waals surface area contributed by atoms with Crippen LogP contribution < -0.4 is 11.2 Å². The first-order valence-corrected chi connectivity index (χ1v) is 8.38. The molecule has 1 heterocycles. The van der Waals surface area contributed by atoms with Gasteiger partial charge in [0.25, 0.3) is 0 Å². The van der Waals surface area contributed by atoms with E-state index in [0.29, 0.717) is 11.0 Å². The molecule has 2 amide bonds. The van der Waals surface area contributed by atoms with Crippen molar-refractivity contribution in [3.63, 3.8) is 0 Å². The van der Waals surface area contributed by atoms with E-state index < -0.39 is 36.1 Å². The van der Waals surface area contributed by atoms with Crippen LogP contribution in [0.3, 0.4) is 0 Å². The highest BCUT2D eigenvalue weighted by atomic mass is 19.4. The summed E-state index contributed by atoms with van der Waals surface area (Å²) in [5.41, 5.74) is 3.99. The van der Waals surface area contributed by atoms with Crippen LogP contribution in [-0.2, 0) is 22.0 Å². The summed E-state index contributed by atoms with van der Waals surface area (Å²) in [7, 11) is -0.830. The number of hydrogen-bond donors (Lipinski definition) is 1. The largest absolute Gasteiger partial charge is 0.495 e. The predicted octanol–water partition coefficient (Wildman–Crippen LogP) is 2.91. The van der Waals surface area contributed by atoms with Gasteiger partial charge in [-0.2, -0.15) is 13.2 Å². The van der Waals surface area contributed by atoms with Gasteiger partial charge in [0.1, 0.15) is 0 Å². The molecule has 0 radical (unpaired) electrons. The fourth-order valence-corrected chi connectivity index (χ4v) is 2.67. The van der Waals surface area contributed by atoms with Crippen LogP contribution in [0, 0.1) is 0 Å². The summed E-state index contributed by atoms with van der Waals surface area (Å²) in [6.45, 7) is 9.35. The Kier molecular flexibility index (Phi) is 5.36. The van der Waals surface area contributed by atoms with Gasteiger partial charge in [0, 0.05) is 13.1 Å². The zero-order valence-corrected chi connectivity index (χ0v) is 15.6.